The van der Waals surface area contributed by atoms with E-state index >= 15 is 0 Å². The van der Waals surface area contributed by atoms with Gasteiger partial charge in [-0.1, -0.05) is 74.5 Å². The van der Waals surface area contributed by atoms with Crippen LogP contribution in [0.5, 0.6) is 11.5 Å². The summed E-state index contributed by atoms with van der Waals surface area (Å²) < 4.78 is 11.2. The van der Waals surface area contributed by atoms with Crippen molar-refractivity contribution in [3.05, 3.63) is 95.1 Å². The second kappa shape index (κ2) is 10.4. The molecule has 3 aromatic carbocycles. The fraction of sp³-hybridized carbons (Fsp3) is 0.207. The molecule has 4 rings (SSSR count). The molecule has 178 valence electrons. The van der Waals surface area contributed by atoms with Crippen LogP contribution in [-0.4, -0.2) is 35.8 Å². The van der Waals surface area contributed by atoms with Crippen molar-refractivity contribution in [1.29, 1.82) is 0 Å². The van der Waals surface area contributed by atoms with Crippen LogP contribution in [0.25, 0.3) is 12.2 Å². The van der Waals surface area contributed by atoms with Gasteiger partial charge in [0.05, 0.1) is 18.2 Å². The van der Waals surface area contributed by atoms with E-state index in [-0.39, 0.29) is 18.1 Å². The van der Waals surface area contributed by atoms with E-state index in [1.165, 1.54) is 7.11 Å². The van der Waals surface area contributed by atoms with E-state index < -0.39 is 23.8 Å². The molecular weight excluding hydrogens is 442 g/mol. The quantitative estimate of drug-likeness (QED) is 0.189. The maximum absolute atomic E-state index is 13.3. The monoisotopic (exact) mass is 469 g/mol. The molecule has 0 N–H and O–H groups in total. The van der Waals surface area contributed by atoms with Gasteiger partial charge >= 0.3 is 5.97 Å². The Hall–Kier alpha value is -4.19. The molecule has 1 atom stereocenters. The molecule has 35 heavy (non-hydrogen) atoms. The number of benzene rings is 3. The molecule has 0 saturated heterocycles. The Labute approximate surface area is 204 Å². The summed E-state index contributed by atoms with van der Waals surface area (Å²) in [6, 6.07) is 20.6. The van der Waals surface area contributed by atoms with Gasteiger partial charge in [-0.05, 0) is 47.7 Å². The Balaban J connectivity index is 1.57. The Morgan fingerprint density at radius 3 is 2.03 bits per heavy atom. The SMILES string of the molecule is COc1cc(/C=C/c2ccccc2)ccc1OC(=O)C(CC(C)C)N1C(=O)c2ccccc2C1=O. The van der Waals surface area contributed by atoms with Gasteiger partial charge in [0.15, 0.2) is 11.5 Å². The third kappa shape index (κ3) is 5.17. The molecule has 0 saturated carbocycles. The average Bonchev–Trinajstić information content (AvgIpc) is 3.12. The molecule has 1 heterocycles. The summed E-state index contributed by atoms with van der Waals surface area (Å²) in [6.45, 7) is 3.85. The number of carbonyl (C=O) groups excluding carboxylic acids is 3. The van der Waals surface area contributed by atoms with Gasteiger partial charge in [0, 0.05) is 0 Å². The third-order valence-electron chi connectivity index (χ3n) is 5.77. The molecule has 0 spiro atoms. The number of imide groups is 1. The molecule has 1 aliphatic rings. The van der Waals surface area contributed by atoms with Gasteiger partial charge in [-0.3, -0.25) is 14.5 Å². The van der Waals surface area contributed by atoms with Crippen LogP contribution in [0.1, 0.15) is 52.1 Å². The lowest BCUT2D eigenvalue weighted by Crippen LogP contribution is -2.47. The topological polar surface area (TPSA) is 72.9 Å². The Morgan fingerprint density at radius 2 is 1.43 bits per heavy atom. The Bertz CT molecular complexity index is 1240. The second-order valence-electron chi connectivity index (χ2n) is 8.75. The van der Waals surface area contributed by atoms with Gasteiger partial charge in [-0.15, -0.1) is 0 Å². The molecule has 0 bridgehead atoms. The molecule has 0 aliphatic carbocycles. The number of methoxy groups -OCH3 is 1. The summed E-state index contributed by atoms with van der Waals surface area (Å²) in [5.74, 6) is -1.01. The van der Waals surface area contributed by atoms with E-state index in [1.807, 2.05) is 62.4 Å². The molecule has 1 unspecified atom stereocenters. The van der Waals surface area contributed by atoms with Crippen molar-refractivity contribution in [3.63, 3.8) is 0 Å². The first kappa shape index (κ1) is 24.0. The zero-order valence-electron chi connectivity index (χ0n) is 19.9. The van der Waals surface area contributed by atoms with Gasteiger partial charge in [-0.25, -0.2) is 4.79 Å². The van der Waals surface area contributed by atoms with E-state index in [1.54, 1.807) is 36.4 Å². The minimum atomic E-state index is -1.05. The molecular formula is C29H27NO5. The van der Waals surface area contributed by atoms with Crippen LogP contribution in [-0.2, 0) is 4.79 Å². The Kier molecular flexibility index (Phi) is 7.11. The summed E-state index contributed by atoms with van der Waals surface area (Å²) in [6.07, 6.45) is 4.19. The smallest absolute Gasteiger partial charge is 0.334 e. The highest BCUT2D eigenvalue weighted by Crippen LogP contribution is 2.32. The van der Waals surface area contributed by atoms with Gasteiger partial charge in [0.25, 0.3) is 11.8 Å². The van der Waals surface area contributed by atoms with E-state index in [9.17, 15) is 14.4 Å². The van der Waals surface area contributed by atoms with Crippen molar-refractivity contribution in [1.82, 2.24) is 4.90 Å². The predicted molar refractivity (Wildman–Crippen MR) is 134 cm³/mol. The van der Waals surface area contributed by atoms with Crippen molar-refractivity contribution in [2.24, 2.45) is 5.92 Å². The number of hydrogen-bond acceptors (Lipinski definition) is 5. The fourth-order valence-electron chi connectivity index (χ4n) is 4.05. The Morgan fingerprint density at radius 1 is 0.829 bits per heavy atom. The second-order valence-corrected chi connectivity index (χ2v) is 8.75. The summed E-state index contributed by atoms with van der Waals surface area (Å²) in [5, 5.41) is 0. The number of hydrogen-bond donors (Lipinski definition) is 0. The maximum atomic E-state index is 13.3. The molecule has 0 aromatic heterocycles. The van der Waals surface area contributed by atoms with E-state index in [2.05, 4.69) is 0 Å². The van der Waals surface area contributed by atoms with Crippen molar-refractivity contribution in [3.8, 4) is 11.5 Å². The van der Waals surface area contributed by atoms with E-state index in [4.69, 9.17) is 9.47 Å². The number of amides is 2. The molecule has 2 amide bonds. The number of ether oxygens (including phenoxy) is 2. The normalized spacial score (nSPS) is 13.9. The standard InChI is InChI=1S/C29H27NO5/c1-19(2)17-24(30-27(31)22-11-7-8-12-23(22)28(30)32)29(33)35-25-16-15-21(18-26(25)34-3)14-13-20-9-5-4-6-10-20/h4-16,18-19,24H,17H2,1-3H3/b14-13+. The number of fused-ring (bicyclic) bond motifs is 1. The molecule has 1 aliphatic heterocycles. The molecule has 3 aromatic rings. The molecule has 0 fully saturated rings. The maximum Gasteiger partial charge on any atom is 0.334 e. The molecule has 0 radical (unpaired) electrons. The number of esters is 1. The van der Waals surface area contributed by atoms with Gasteiger partial charge in [-0.2, -0.15) is 0 Å². The van der Waals surface area contributed by atoms with Crippen molar-refractivity contribution < 1.29 is 23.9 Å². The van der Waals surface area contributed by atoms with Gasteiger partial charge in [0.1, 0.15) is 6.04 Å². The average molecular weight is 470 g/mol. The molecule has 6 nitrogen and oxygen atoms in total. The summed E-state index contributed by atoms with van der Waals surface area (Å²) >= 11 is 0. The first-order valence-corrected chi connectivity index (χ1v) is 11.5. The minimum absolute atomic E-state index is 0.0456. The zero-order chi connectivity index (χ0) is 24.9. The number of rotatable bonds is 8. The van der Waals surface area contributed by atoms with Crippen LogP contribution in [0.3, 0.4) is 0 Å². The van der Waals surface area contributed by atoms with Crippen molar-refractivity contribution in [2.75, 3.05) is 7.11 Å². The lowest BCUT2D eigenvalue weighted by atomic mass is 10.0. The third-order valence-corrected chi connectivity index (χ3v) is 5.77. The van der Waals surface area contributed by atoms with E-state index in [0.29, 0.717) is 16.9 Å². The van der Waals surface area contributed by atoms with Crippen LogP contribution in [0.4, 0.5) is 0 Å². The number of nitrogens with zero attached hydrogens (tertiary/aromatic N) is 1. The highest BCUT2D eigenvalue weighted by molar-refractivity contribution is 6.22. The summed E-state index contributed by atoms with van der Waals surface area (Å²) in [7, 11) is 1.49. The summed E-state index contributed by atoms with van der Waals surface area (Å²) in [5.41, 5.74) is 2.52. The van der Waals surface area contributed by atoms with Crippen LogP contribution in [0.2, 0.25) is 0 Å². The lowest BCUT2D eigenvalue weighted by molar-refractivity contribution is -0.139. The largest absolute Gasteiger partial charge is 0.493 e. The van der Waals surface area contributed by atoms with E-state index in [0.717, 1.165) is 16.0 Å². The summed E-state index contributed by atoms with van der Waals surface area (Å²) in [4.78, 5) is 40.3. The number of carbonyl (C=O) groups is 3. The first-order valence-electron chi connectivity index (χ1n) is 11.5. The first-order chi connectivity index (χ1) is 16.9. The minimum Gasteiger partial charge on any atom is -0.493 e. The predicted octanol–water partition coefficient (Wildman–Crippen LogP) is 5.48. The van der Waals surface area contributed by atoms with Crippen molar-refractivity contribution >= 4 is 29.9 Å². The fourth-order valence-corrected chi connectivity index (χ4v) is 4.05. The zero-order valence-corrected chi connectivity index (χ0v) is 19.9. The van der Waals surface area contributed by atoms with Gasteiger partial charge < -0.3 is 9.47 Å². The van der Waals surface area contributed by atoms with Crippen LogP contribution < -0.4 is 9.47 Å². The van der Waals surface area contributed by atoms with Crippen molar-refractivity contribution in [2.45, 2.75) is 26.3 Å². The van der Waals surface area contributed by atoms with Crippen LogP contribution >= 0.6 is 0 Å². The molecule has 6 heteroatoms. The van der Waals surface area contributed by atoms with Crippen LogP contribution in [0.15, 0.2) is 72.8 Å². The highest BCUT2D eigenvalue weighted by Gasteiger charge is 2.43. The lowest BCUT2D eigenvalue weighted by Gasteiger charge is -2.26. The highest BCUT2D eigenvalue weighted by atomic mass is 16.6. The van der Waals surface area contributed by atoms with Crippen LogP contribution in [0, 0.1) is 5.92 Å². The van der Waals surface area contributed by atoms with Gasteiger partial charge in [0.2, 0.25) is 0 Å².